The monoisotopic (exact) mass is 500 g/mol. The second kappa shape index (κ2) is 9.71. The molecule has 0 bridgehead atoms. The molecule has 3 aromatic rings. The topological polar surface area (TPSA) is 115 Å². The largest absolute Gasteiger partial charge is 0.444 e. The number of amides is 1. The van der Waals surface area contributed by atoms with Crippen LogP contribution in [0.4, 0.5) is 25.2 Å². The number of nitrogen functional groups attached to an aromatic ring is 1. The molecule has 9 nitrogen and oxygen atoms in total. The van der Waals surface area contributed by atoms with Gasteiger partial charge in [-0.2, -0.15) is 4.98 Å². The van der Waals surface area contributed by atoms with Gasteiger partial charge in [0.1, 0.15) is 11.2 Å². The van der Waals surface area contributed by atoms with Crippen LogP contribution in [0.15, 0.2) is 29.2 Å². The molecule has 2 aromatic heterocycles. The summed E-state index contributed by atoms with van der Waals surface area (Å²) in [6.45, 7) is 8.52. The Balaban J connectivity index is 1.63. The third kappa shape index (κ3) is 5.09. The van der Waals surface area contributed by atoms with Crippen molar-refractivity contribution in [3.63, 3.8) is 0 Å². The predicted octanol–water partition coefficient (Wildman–Crippen LogP) is 4.15. The van der Waals surface area contributed by atoms with Crippen LogP contribution < -0.4 is 16.6 Å². The average Bonchev–Trinajstić information content (AvgIpc) is 2.82. The highest BCUT2D eigenvalue weighted by atomic mass is 19.2. The number of aromatic nitrogens is 3. The lowest BCUT2D eigenvalue weighted by Gasteiger charge is -2.34. The molecule has 3 heterocycles. The van der Waals surface area contributed by atoms with Crippen LogP contribution in [0.3, 0.4) is 0 Å². The zero-order chi connectivity index (χ0) is 26.2. The lowest BCUT2D eigenvalue weighted by atomic mass is 10.0. The second-order valence-electron chi connectivity index (χ2n) is 9.82. The highest BCUT2D eigenvalue weighted by molar-refractivity contribution is 5.82. The highest BCUT2D eigenvalue weighted by Gasteiger charge is 2.28. The SMILES string of the molecule is CCn1c(=O)c(-c2ccc(N)c(F)c2F)cc2cnc(N[C@H]3CCCN(C(=O)OC(C)(C)C)C3)nc21. The summed E-state index contributed by atoms with van der Waals surface area (Å²) in [6.07, 6.45) is 2.76. The van der Waals surface area contributed by atoms with Crippen molar-refractivity contribution in [2.45, 2.75) is 58.7 Å². The number of rotatable bonds is 4. The van der Waals surface area contributed by atoms with Gasteiger partial charge in [0.05, 0.1) is 11.3 Å². The Morgan fingerprint density at radius 2 is 2.00 bits per heavy atom. The number of piperidine rings is 1. The molecule has 192 valence electrons. The number of hydrogen-bond donors (Lipinski definition) is 2. The molecule has 1 atom stereocenters. The van der Waals surface area contributed by atoms with Crippen LogP contribution in [0.25, 0.3) is 22.2 Å². The van der Waals surface area contributed by atoms with Crippen molar-refractivity contribution in [1.82, 2.24) is 19.4 Å². The maximum atomic E-state index is 14.6. The van der Waals surface area contributed by atoms with E-state index in [1.165, 1.54) is 29.0 Å². The molecule has 36 heavy (non-hydrogen) atoms. The number of halogens is 2. The molecule has 0 unspecified atom stereocenters. The van der Waals surface area contributed by atoms with Crippen LogP contribution in [-0.2, 0) is 11.3 Å². The molecule has 11 heteroatoms. The van der Waals surface area contributed by atoms with Crippen molar-refractivity contribution < 1.29 is 18.3 Å². The number of nitrogens with one attached hydrogen (secondary N) is 1. The zero-order valence-electron chi connectivity index (χ0n) is 20.8. The van der Waals surface area contributed by atoms with Crippen molar-refractivity contribution in [2.75, 3.05) is 24.1 Å². The van der Waals surface area contributed by atoms with Gasteiger partial charge in [0.15, 0.2) is 11.6 Å². The summed E-state index contributed by atoms with van der Waals surface area (Å²) < 4.78 is 35.5. The number of likely N-dealkylation sites (tertiary alicyclic amines) is 1. The molecule has 0 radical (unpaired) electrons. The molecule has 0 saturated carbocycles. The van der Waals surface area contributed by atoms with E-state index in [1.807, 2.05) is 20.8 Å². The first-order valence-electron chi connectivity index (χ1n) is 11.9. The predicted molar refractivity (Wildman–Crippen MR) is 134 cm³/mol. The first kappa shape index (κ1) is 25.3. The van der Waals surface area contributed by atoms with E-state index in [1.54, 1.807) is 11.8 Å². The zero-order valence-corrected chi connectivity index (χ0v) is 20.8. The minimum Gasteiger partial charge on any atom is -0.444 e. The normalized spacial score (nSPS) is 16.3. The van der Waals surface area contributed by atoms with E-state index >= 15 is 0 Å². The lowest BCUT2D eigenvalue weighted by Crippen LogP contribution is -2.47. The van der Waals surface area contributed by atoms with Gasteiger partial charge in [-0.3, -0.25) is 9.36 Å². The number of aryl methyl sites for hydroxylation is 1. The first-order valence-corrected chi connectivity index (χ1v) is 11.9. The van der Waals surface area contributed by atoms with Gasteiger partial charge in [-0.05, 0) is 58.7 Å². The minimum atomic E-state index is -1.20. The third-order valence-electron chi connectivity index (χ3n) is 5.95. The molecular formula is C25H30F2N6O3. The van der Waals surface area contributed by atoms with E-state index in [4.69, 9.17) is 10.5 Å². The van der Waals surface area contributed by atoms with Crippen LogP contribution in [0.5, 0.6) is 0 Å². The quantitative estimate of drug-likeness (QED) is 0.517. The van der Waals surface area contributed by atoms with Crippen molar-refractivity contribution in [1.29, 1.82) is 0 Å². The average molecular weight is 501 g/mol. The van der Waals surface area contributed by atoms with Gasteiger partial charge >= 0.3 is 6.09 Å². The van der Waals surface area contributed by atoms with Crippen LogP contribution >= 0.6 is 0 Å². The third-order valence-corrected chi connectivity index (χ3v) is 5.95. The van der Waals surface area contributed by atoms with Crippen molar-refractivity contribution in [3.05, 3.63) is 46.4 Å². The van der Waals surface area contributed by atoms with Gasteiger partial charge in [-0.25, -0.2) is 18.6 Å². The van der Waals surface area contributed by atoms with Gasteiger partial charge < -0.3 is 20.7 Å². The number of anilines is 2. The van der Waals surface area contributed by atoms with Crippen LogP contribution in [0.1, 0.15) is 40.5 Å². The van der Waals surface area contributed by atoms with Crippen molar-refractivity contribution >= 4 is 28.8 Å². The Morgan fingerprint density at radius 1 is 1.25 bits per heavy atom. The van der Waals surface area contributed by atoms with Gasteiger partial charge in [-0.15, -0.1) is 0 Å². The molecule has 1 aromatic carbocycles. The number of carbonyl (C=O) groups is 1. The number of fused-ring (bicyclic) bond motifs is 1. The summed E-state index contributed by atoms with van der Waals surface area (Å²) in [5, 5.41) is 3.74. The van der Waals surface area contributed by atoms with Crippen LogP contribution in [0.2, 0.25) is 0 Å². The summed E-state index contributed by atoms with van der Waals surface area (Å²) in [5.41, 5.74) is 4.20. The summed E-state index contributed by atoms with van der Waals surface area (Å²) >= 11 is 0. The van der Waals surface area contributed by atoms with E-state index < -0.39 is 22.8 Å². The Bertz CT molecular complexity index is 1370. The van der Waals surface area contributed by atoms with Gasteiger partial charge in [0.25, 0.3) is 5.56 Å². The van der Waals surface area contributed by atoms with E-state index in [0.717, 1.165) is 12.8 Å². The molecule has 1 fully saturated rings. The number of ether oxygens (including phenoxy) is 1. The standard InChI is InChI=1S/C25H30F2N6O3/c1-5-33-21-14(11-17(22(33)34)16-8-9-18(28)20(27)19(16)26)12-29-23(31-21)30-15-7-6-10-32(13-15)24(35)36-25(2,3)4/h8-9,11-12,15H,5-7,10,13,28H2,1-4H3,(H,29,30,31)/t15-/m0/s1. The number of nitrogens with zero attached hydrogens (tertiary/aromatic N) is 4. The summed E-state index contributed by atoms with van der Waals surface area (Å²) in [4.78, 5) is 36.2. The maximum Gasteiger partial charge on any atom is 0.410 e. The number of benzene rings is 1. The Kier molecular flexibility index (Phi) is 6.83. The van der Waals surface area contributed by atoms with Crippen molar-refractivity contribution in [2.24, 2.45) is 0 Å². The molecule has 0 spiro atoms. The molecule has 4 rings (SSSR count). The molecule has 1 saturated heterocycles. The summed E-state index contributed by atoms with van der Waals surface area (Å²) in [7, 11) is 0. The van der Waals surface area contributed by atoms with E-state index in [9.17, 15) is 18.4 Å². The van der Waals surface area contributed by atoms with E-state index in [2.05, 4.69) is 15.3 Å². The minimum absolute atomic E-state index is 0.00894. The molecule has 0 aliphatic carbocycles. The van der Waals surface area contributed by atoms with Crippen molar-refractivity contribution in [3.8, 4) is 11.1 Å². The van der Waals surface area contributed by atoms with Gasteiger partial charge in [-0.1, -0.05) is 0 Å². The number of carbonyl (C=O) groups excluding carboxylic acids is 1. The highest BCUT2D eigenvalue weighted by Crippen LogP contribution is 2.27. The Hall–Kier alpha value is -3.76. The van der Waals surface area contributed by atoms with Gasteiger partial charge in [0, 0.05) is 42.8 Å². The fraction of sp³-hybridized carbons (Fsp3) is 0.440. The maximum absolute atomic E-state index is 14.6. The Labute approximate surface area is 207 Å². The van der Waals surface area contributed by atoms with E-state index in [-0.39, 0.29) is 35.5 Å². The first-order chi connectivity index (χ1) is 17.0. The fourth-order valence-corrected chi connectivity index (χ4v) is 4.26. The fourth-order valence-electron chi connectivity index (χ4n) is 4.26. The number of pyridine rings is 1. The Morgan fingerprint density at radius 3 is 2.69 bits per heavy atom. The van der Waals surface area contributed by atoms with Gasteiger partial charge in [0.2, 0.25) is 5.95 Å². The summed E-state index contributed by atoms with van der Waals surface area (Å²) in [5.74, 6) is -2.07. The molecule has 3 N–H and O–H groups in total. The second-order valence-corrected chi connectivity index (χ2v) is 9.82. The summed E-state index contributed by atoms with van der Waals surface area (Å²) in [6, 6.07) is 3.86. The van der Waals surface area contributed by atoms with Crippen LogP contribution in [-0.4, -0.2) is 50.3 Å². The molecule has 1 aliphatic rings. The lowest BCUT2D eigenvalue weighted by molar-refractivity contribution is 0.0206. The van der Waals surface area contributed by atoms with E-state index in [0.29, 0.717) is 30.1 Å². The molecule has 1 aliphatic heterocycles. The number of hydrogen-bond acceptors (Lipinski definition) is 7. The molecular weight excluding hydrogens is 470 g/mol. The smallest absolute Gasteiger partial charge is 0.410 e. The van der Waals surface area contributed by atoms with Crippen LogP contribution in [0, 0.1) is 11.6 Å². The molecule has 1 amide bonds. The number of nitrogens with two attached hydrogens (primary N) is 1.